The summed E-state index contributed by atoms with van der Waals surface area (Å²) in [6.45, 7) is 14.6. The van der Waals surface area contributed by atoms with Crippen molar-refractivity contribution in [1.29, 1.82) is 0 Å². The zero-order chi connectivity index (χ0) is 85.7. The van der Waals surface area contributed by atoms with Gasteiger partial charge in [-0.25, -0.2) is 18.3 Å². The Kier molecular flexibility index (Phi) is 55.8. The van der Waals surface area contributed by atoms with Gasteiger partial charge in [0, 0.05) is 152 Å². The Hall–Kier alpha value is -5.59. The maximum absolute atomic E-state index is 12.0. The van der Waals surface area contributed by atoms with E-state index in [0.29, 0.717) is 69.5 Å². The van der Waals surface area contributed by atoms with Crippen LogP contribution in [0.2, 0.25) is 35.2 Å². The number of amides is 1. The fraction of sp³-hybridized carbons (Fsp3) is 0.254. The first-order valence-electron chi connectivity index (χ1n) is 31.6. The van der Waals surface area contributed by atoms with Crippen molar-refractivity contribution in [3.8, 4) is 17.1 Å². The second kappa shape index (κ2) is 57.6. The average molecular weight is 2030 g/mol. The maximum Gasteiger partial charge on any atom is 1.00 e. The minimum absolute atomic E-state index is 0. The molecule has 0 atom stereocenters. The van der Waals surface area contributed by atoms with Crippen LogP contribution in [-0.4, -0.2) is 130 Å². The Morgan fingerprint density at radius 1 is 0.534 bits per heavy atom. The molecule has 625 valence electrons. The topological polar surface area (TPSA) is 392 Å². The number of nitrogen functional groups attached to an aromatic ring is 4. The van der Waals surface area contributed by atoms with Gasteiger partial charge in [-0.3, -0.25) is 9.59 Å². The van der Waals surface area contributed by atoms with Crippen LogP contribution in [0.15, 0.2) is 136 Å². The molecule has 45 heteroatoms. The number of benzene rings is 8. The summed E-state index contributed by atoms with van der Waals surface area (Å²) in [4.78, 5) is 21.2. The van der Waals surface area contributed by atoms with Gasteiger partial charge in [0.25, 0.3) is 6.48 Å². The molecule has 0 spiro atoms. The number of ether oxygens (including phenoxy) is 3. The Labute approximate surface area is 772 Å². The van der Waals surface area contributed by atoms with Crippen molar-refractivity contribution in [3.63, 3.8) is 0 Å². The van der Waals surface area contributed by atoms with Crippen LogP contribution in [0.4, 0.5) is 41.6 Å². The summed E-state index contributed by atoms with van der Waals surface area (Å²) in [5.74, 6) is -1.64. The van der Waals surface area contributed by atoms with Crippen LogP contribution in [0.1, 0.15) is 86.0 Å². The Morgan fingerprint density at radius 3 is 1.20 bits per heavy atom. The molecular formula is C71H81BBr3Cl10F3N18NaO8S. The number of aliphatic hydroxyl groups is 2. The summed E-state index contributed by atoms with van der Waals surface area (Å²) in [7, 11) is 11.9. The monoisotopic (exact) mass is 2020 g/mol. The van der Waals surface area contributed by atoms with Gasteiger partial charge in [0.05, 0.1) is 36.0 Å². The van der Waals surface area contributed by atoms with Gasteiger partial charge in [-0.1, -0.05) is 101 Å². The molecule has 26 nitrogen and oxygen atoms in total. The SMILES string of the molecule is C.COC(OC)OC.Cc1c(Cl)ccc(-n2cnnn2)c1CCl.Cc1c(Cl)ccc(-n2cnnn2)c1CN.Cc1c(Cl)ccc(-n2cnnn2)c1CO.Cc1c(Cl)ccc(N)c1Br.Cc1c(Cl)ccc(N)c1C=O.Cc1c(Cl)ccc(N)c1CO.Cc1c(Cl)ccc(NC(=O)C(F)(F)F)c1Br.Cc1cccc(N)c1Br.O=S(Cl)Cl.[B].[H-].[Na+]. The normalized spacial score (nSPS) is 10.1. The van der Waals surface area contributed by atoms with Gasteiger partial charge in [-0.15, -0.1) is 26.9 Å². The third-order valence-corrected chi connectivity index (χ3v) is 21.4. The predicted octanol–water partition coefficient (Wildman–Crippen LogP) is 16.2. The minimum Gasteiger partial charge on any atom is -1.00 e. The summed E-state index contributed by atoms with van der Waals surface area (Å²) in [5, 5.41) is 57.1. The Bertz CT molecular complexity index is 4620. The first kappa shape index (κ1) is 112. The van der Waals surface area contributed by atoms with Gasteiger partial charge in [0.15, 0.2) is 6.29 Å². The number of nitrogens with one attached hydrogen (secondary N) is 1. The van der Waals surface area contributed by atoms with E-state index in [2.05, 4.69) is 130 Å². The van der Waals surface area contributed by atoms with E-state index >= 15 is 0 Å². The number of hydrogen-bond donors (Lipinski definition) is 8. The smallest absolute Gasteiger partial charge is 1.00 e. The number of aromatic nitrogens is 12. The molecule has 1 amide bonds. The van der Waals surface area contributed by atoms with E-state index in [1.165, 1.54) is 62.7 Å². The number of tetrazole rings is 3. The number of alkyl halides is 4. The number of aldehydes is 1. The number of anilines is 5. The van der Waals surface area contributed by atoms with E-state index in [0.717, 1.165) is 104 Å². The zero-order valence-electron chi connectivity index (χ0n) is 64.2. The van der Waals surface area contributed by atoms with Crippen LogP contribution in [0.25, 0.3) is 17.1 Å². The number of carbonyl (C=O) groups is 2. The number of aliphatic hydroxyl groups excluding tert-OH is 2. The number of carbonyl (C=O) groups excluding carboxylic acids is 2. The molecule has 13 N–H and O–H groups in total. The Balaban J connectivity index is -0.00000125. The molecule has 0 aliphatic rings. The molecule has 0 saturated carbocycles. The van der Waals surface area contributed by atoms with Crippen molar-refractivity contribution in [2.24, 2.45) is 5.73 Å². The Morgan fingerprint density at radius 2 is 0.871 bits per heavy atom. The molecular weight excluding hydrogens is 1950 g/mol. The van der Waals surface area contributed by atoms with Crippen molar-refractivity contribution in [2.45, 2.75) is 101 Å². The molecule has 0 aliphatic carbocycles. The third kappa shape index (κ3) is 36.0. The van der Waals surface area contributed by atoms with Crippen molar-refractivity contribution in [1.82, 2.24) is 60.6 Å². The summed E-state index contributed by atoms with van der Waals surface area (Å²) >= 11 is 56.7. The maximum atomic E-state index is 12.0. The first-order chi connectivity index (χ1) is 53.2. The van der Waals surface area contributed by atoms with E-state index in [4.69, 9.17) is 131 Å². The van der Waals surface area contributed by atoms with Gasteiger partial charge >= 0.3 is 41.6 Å². The number of hydrogen-bond acceptors (Lipinski definition) is 22. The second-order valence-electron chi connectivity index (χ2n) is 22.2. The molecule has 0 bridgehead atoms. The average Bonchev–Trinajstić information content (AvgIpc) is 1.80. The van der Waals surface area contributed by atoms with Crippen LogP contribution < -0.4 is 63.5 Å². The fourth-order valence-corrected chi connectivity index (χ4v) is 11.5. The molecule has 3 radical (unpaired) electrons. The molecule has 11 rings (SSSR count). The summed E-state index contributed by atoms with van der Waals surface area (Å²) in [5.41, 5.74) is 43.9. The van der Waals surface area contributed by atoms with E-state index in [9.17, 15) is 27.9 Å². The molecule has 0 aliphatic heterocycles. The summed E-state index contributed by atoms with van der Waals surface area (Å²) < 4.78 is 65.7. The number of aryl methyl sites for hydroxylation is 1. The van der Waals surface area contributed by atoms with E-state index in [1.807, 2.05) is 84.0 Å². The van der Waals surface area contributed by atoms with Crippen LogP contribution in [0, 0.1) is 55.4 Å². The van der Waals surface area contributed by atoms with Gasteiger partial charge in [-0.05, 0) is 281 Å². The largest absolute Gasteiger partial charge is 1.00 e. The molecule has 116 heavy (non-hydrogen) atoms. The van der Waals surface area contributed by atoms with Crippen LogP contribution >= 0.6 is 162 Å². The summed E-state index contributed by atoms with van der Waals surface area (Å²) in [6.07, 6.45) is 0.339. The number of halogens is 16. The van der Waals surface area contributed by atoms with Gasteiger partial charge in [-0.2, -0.15) is 13.2 Å². The number of nitrogens with zero attached hydrogens (tertiary/aromatic N) is 12. The molecule has 0 saturated heterocycles. The molecule has 11 aromatic rings. The molecule has 3 aromatic heterocycles. The van der Waals surface area contributed by atoms with E-state index in [-0.39, 0.29) is 65.7 Å². The van der Waals surface area contributed by atoms with E-state index in [1.54, 1.807) is 77.1 Å². The molecule has 3 heterocycles. The number of nitrogens with two attached hydrogens (primary N) is 5. The standard InChI is InChI=1S/C9H6BrClF3NO.C9H8Cl2N4.C9H10ClN5.C9H9ClN4O.C8H10ClNO.C8H8ClNO.C7H7BrClN.C7H8BrN.C4H10O3.CH4.B.Cl2OS.Na.H/c1-4-5(11)2-3-6(7(4)10)15-8(16)9(12,13)14;1-6-7(4-10)9(3-2-8(6)11)15-5-12-13-14-15;1-6-7(4-11)9(3-2-8(6)10)15-5-12-13-14-15;1-6-7(4-15)9(3-2-8(6)10)14-5-11-12-13-14;2*1-5-6(4-11)8(10)3-2-7(5)9;1-4-5(9)2-3-6(10)7(4)8;1-5-3-2-4-6(9)7(5)8;1-5-4(6-2)7-3;;;1-4(2)3;;/h2-3H,1H3,(H,15,16);2-3,5H,4H2,1H3;2-3,5H,4,11H2,1H3;2-3,5,15H,4H2,1H3;2-3,11H,4,10H2,1H3;2-4H,10H2,1H3;2-3H,10H2,1H3;2-4H,9H2,1H3;4H,1-3H3;1H4;;;;/q;;;;;;;;;;;;+1;-1. The molecule has 0 unspecified atom stereocenters. The van der Waals surface area contributed by atoms with Gasteiger partial charge in [0.2, 0.25) is 9.23 Å². The minimum atomic E-state index is -4.91. The quantitative estimate of drug-likeness (QED) is 0.0141. The van der Waals surface area contributed by atoms with Crippen molar-refractivity contribution < 1.29 is 82.4 Å². The molecule has 8 aromatic carbocycles. The summed E-state index contributed by atoms with van der Waals surface area (Å²) in [6, 6.07) is 29.7. The van der Waals surface area contributed by atoms with Crippen LogP contribution in [0.5, 0.6) is 0 Å². The first-order valence-corrected chi connectivity index (χ1v) is 40.0. The van der Waals surface area contributed by atoms with Crippen LogP contribution in [-0.2, 0) is 53.9 Å². The predicted molar refractivity (Wildman–Crippen MR) is 471 cm³/mol. The van der Waals surface area contributed by atoms with Crippen molar-refractivity contribution >= 4 is 220 Å². The van der Waals surface area contributed by atoms with Crippen molar-refractivity contribution in [2.75, 3.05) is 49.6 Å². The second-order valence-corrected chi connectivity index (χ2v) is 30.2. The van der Waals surface area contributed by atoms with Gasteiger partial charge < -0.3 is 59.8 Å². The van der Waals surface area contributed by atoms with Crippen molar-refractivity contribution in [3.05, 3.63) is 243 Å². The number of methoxy groups -OCH3 is 3. The van der Waals surface area contributed by atoms with Crippen LogP contribution in [0.3, 0.4) is 0 Å². The number of rotatable bonds is 12. The molecule has 0 fully saturated rings. The van der Waals surface area contributed by atoms with Gasteiger partial charge in [0.1, 0.15) is 19.0 Å². The fourth-order valence-electron chi connectivity index (χ4n) is 8.66. The van der Waals surface area contributed by atoms with E-state index < -0.39 is 27.8 Å². The third-order valence-electron chi connectivity index (χ3n) is 15.1. The zero-order valence-corrected chi connectivity index (χ0v) is 78.3.